The van der Waals surface area contributed by atoms with Gasteiger partial charge in [0.25, 0.3) is 5.91 Å². The number of rotatable bonds is 12. The molecule has 0 aliphatic carbocycles. The molecular weight excluding hydrogens is 472 g/mol. The molecule has 1 N–H and O–H groups in total. The van der Waals surface area contributed by atoms with Crippen molar-refractivity contribution in [1.29, 1.82) is 0 Å². The minimum atomic E-state index is -0.539. The summed E-state index contributed by atoms with van der Waals surface area (Å²) in [5.74, 6) is 0.584. The molecule has 190 valence electrons. The molecule has 0 aromatic heterocycles. The highest BCUT2D eigenvalue weighted by atomic mass is 16.6. The Hall–Kier alpha value is -4.85. The third kappa shape index (κ3) is 8.40. The monoisotopic (exact) mass is 500 g/mol. The van der Waals surface area contributed by atoms with Gasteiger partial charge in [-0.05, 0) is 59.5 Å². The number of nitrogens with zero attached hydrogens (tertiary/aromatic N) is 1. The molecule has 0 saturated carbocycles. The molecule has 0 fully saturated rings. The van der Waals surface area contributed by atoms with Gasteiger partial charge in [-0.15, -0.1) is 6.58 Å². The average Bonchev–Trinajstić information content (AvgIpc) is 2.92. The summed E-state index contributed by atoms with van der Waals surface area (Å²) in [4.78, 5) is 24.3. The first-order valence-corrected chi connectivity index (χ1v) is 11.4. The van der Waals surface area contributed by atoms with Crippen molar-refractivity contribution in [2.45, 2.75) is 6.42 Å². The molecule has 8 heteroatoms. The highest BCUT2D eigenvalue weighted by Crippen LogP contribution is 2.29. The van der Waals surface area contributed by atoms with E-state index >= 15 is 0 Å². The van der Waals surface area contributed by atoms with E-state index in [-0.39, 0.29) is 12.4 Å². The third-order valence-corrected chi connectivity index (χ3v) is 4.98. The molecule has 0 unspecified atom stereocenters. The van der Waals surface area contributed by atoms with Crippen LogP contribution in [0.5, 0.6) is 23.0 Å². The summed E-state index contributed by atoms with van der Waals surface area (Å²) in [5, 5.41) is 3.94. The zero-order chi connectivity index (χ0) is 26.5. The number of ether oxygens (including phenoxy) is 4. The maximum Gasteiger partial charge on any atom is 0.336 e. The van der Waals surface area contributed by atoms with Crippen LogP contribution >= 0.6 is 0 Å². The van der Waals surface area contributed by atoms with Gasteiger partial charge in [0.1, 0.15) is 0 Å². The van der Waals surface area contributed by atoms with Gasteiger partial charge < -0.3 is 18.9 Å². The lowest BCUT2D eigenvalue weighted by atomic mass is 10.1. The third-order valence-electron chi connectivity index (χ3n) is 4.98. The first-order valence-electron chi connectivity index (χ1n) is 11.4. The molecule has 0 saturated heterocycles. The van der Waals surface area contributed by atoms with Crippen LogP contribution in [0.1, 0.15) is 16.7 Å². The SMILES string of the molecule is C=CCc1ccc(OCC(=O)N/N=C\c2ccc(OC(=O)/C=C/c3ccccc3)c(OC)c2)c(OC)c1. The molecule has 3 rings (SSSR count). The summed E-state index contributed by atoms with van der Waals surface area (Å²) in [7, 11) is 3.00. The van der Waals surface area contributed by atoms with Gasteiger partial charge in [-0.2, -0.15) is 5.10 Å². The van der Waals surface area contributed by atoms with E-state index < -0.39 is 11.9 Å². The standard InChI is InChI=1S/C29H28N2O6/c1-4-8-22-11-14-24(26(17-22)34-2)36-20-28(32)31-30-19-23-12-15-25(27(18-23)35-3)37-29(33)16-13-21-9-6-5-7-10-21/h4-7,9-19H,1,8,20H2,2-3H3,(H,31,32)/b16-13+,30-19-. The number of allylic oxidation sites excluding steroid dienone is 1. The van der Waals surface area contributed by atoms with Gasteiger partial charge >= 0.3 is 5.97 Å². The molecule has 0 aliphatic rings. The Bertz CT molecular complexity index is 1280. The normalized spacial score (nSPS) is 10.8. The zero-order valence-corrected chi connectivity index (χ0v) is 20.7. The molecule has 0 atom stereocenters. The van der Waals surface area contributed by atoms with E-state index in [9.17, 15) is 9.59 Å². The van der Waals surface area contributed by atoms with E-state index in [1.165, 1.54) is 26.5 Å². The Morgan fingerprint density at radius 1 is 0.892 bits per heavy atom. The Morgan fingerprint density at radius 2 is 1.62 bits per heavy atom. The van der Waals surface area contributed by atoms with E-state index in [1.54, 1.807) is 36.4 Å². The number of hydrazone groups is 1. The van der Waals surface area contributed by atoms with Crippen LogP contribution < -0.4 is 24.4 Å². The first-order chi connectivity index (χ1) is 18.0. The number of hydrogen-bond donors (Lipinski definition) is 1. The number of carbonyl (C=O) groups excluding carboxylic acids is 2. The van der Waals surface area contributed by atoms with Crippen LogP contribution in [0.4, 0.5) is 0 Å². The van der Waals surface area contributed by atoms with Gasteiger partial charge in [0.05, 0.1) is 20.4 Å². The van der Waals surface area contributed by atoms with Crippen LogP contribution in [0.15, 0.2) is 90.6 Å². The quantitative estimate of drug-likeness (QED) is 0.0977. The summed E-state index contributed by atoms with van der Waals surface area (Å²) in [5.41, 5.74) is 4.93. The second-order valence-corrected chi connectivity index (χ2v) is 7.64. The fourth-order valence-electron chi connectivity index (χ4n) is 3.20. The van der Waals surface area contributed by atoms with Crippen LogP contribution in [0.2, 0.25) is 0 Å². The van der Waals surface area contributed by atoms with Crippen LogP contribution in [-0.2, 0) is 16.0 Å². The van der Waals surface area contributed by atoms with Crippen LogP contribution in [0.25, 0.3) is 6.08 Å². The topological polar surface area (TPSA) is 95.5 Å². The maximum atomic E-state index is 12.2. The van der Waals surface area contributed by atoms with Gasteiger partial charge in [0.15, 0.2) is 29.6 Å². The summed E-state index contributed by atoms with van der Waals surface area (Å²) < 4.78 is 21.6. The predicted octanol–water partition coefficient (Wildman–Crippen LogP) is 4.58. The summed E-state index contributed by atoms with van der Waals surface area (Å²) in [6.07, 6.45) is 6.93. The molecule has 0 heterocycles. The van der Waals surface area contributed by atoms with Crippen LogP contribution in [0, 0.1) is 0 Å². The number of carbonyl (C=O) groups is 2. The van der Waals surface area contributed by atoms with Crippen LogP contribution in [0.3, 0.4) is 0 Å². The molecule has 3 aromatic rings. The van der Waals surface area contributed by atoms with Crippen molar-refractivity contribution in [3.8, 4) is 23.0 Å². The van der Waals surface area contributed by atoms with E-state index in [4.69, 9.17) is 18.9 Å². The number of hydrogen-bond acceptors (Lipinski definition) is 7. The van der Waals surface area contributed by atoms with Gasteiger partial charge in [-0.3, -0.25) is 4.79 Å². The molecule has 3 aromatic carbocycles. The van der Waals surface area contributed by atoms with Crippen molar-refractivity contribution in [2.24, 2.45) is 5.10 Å². The number of benzene rings is 3. The van der Waals surface area contributed by atoms with Gasteiger partial charge in [0.2, 0.25) is 0 Å². The molecular formula is C29H28N2O6. The lowest BCUT2D eigenvalue weighted by molar-refractivity contribution is -0.129. The second kappa shape index (κ2) is 13.9. The Morgan fingerprint density at radius 3 is 2.35 bits per heavy atom. The predicted molar refractivity (Wildman–Crippen MR) is 142 cm³/mol. The van der Waals surface area contributed by atoms with Gasteiger partial charge in [-0.25, -0.2) is 10.2 Å². The molecule has 8 nitrogen and oxygen atoms in total. The van der Waals surface area contributed by atoms with E-state index in [0.717, 1.165) is 11.1 Å². The lowest BCUT2D eigenvalue weighted by Crippen LogP contribution is -2.24. The van der Waals surface area contributed by atoms with Crippen molar-refractivity contribution in [3.05, 3.63) is 102 Å². The fraction of sp³-hybridized carbons (Fsp3) is 0.138. The summed E-state index contributed by atoms with van der Waals surface area (Å²) in [6.45, 7) is 3.47. The number of methoxy groups -OCH3 is 2. The Balaban J connectivity index is 1.53. The van der Waals surface area contributed by atoms with E-state index in [0.29, 0.717) is 29.2 Å². The average molecular weight is 501 g/mol. The first kappa shape index (κ1) is 26.7. The highest BCUT2D eigenvalue weighted by molar-refractivity contribution is 5.89. The minimum Gasteiger partial charge on any atom is -0.493 e. The molecule has 0 radical (unpaired) electrons. The van der Waals surface area contributed by atoms with Crippen molar-refractivity contribution in [1.82, 2.24) is 5.43 Å². The van der Waals surface area contributed by atoms with E-state index in [1.807, 2.05) is 42.5 Å². The Kier molecular flexibility index (Phi) is 10.0. The molecule has 37 heavy (non-hydrogen) atoms. The second-order valence-electron chi connectivity index (χ2n) is 7.64. The minimum absolute atomic E-state index is 0.247. The molecule has 0 aliphatic heterocycles. The van der Waals surface area contributed by atoms with Crippen LogP contribution in [-0.4, -0.2) is 38.9 Å². The highest BCUT2D eigenvalue weighted by Gasteiger charge is 2.10. The number of nitrogens with one attached hydrogen (secondary N) is 1. The smallest absolute Gasteiger partial charge is 0.336 e. The van der Waals surface area contributed by atoms with Crippen molar-refractivity contribution in [2.75, 3.05) is 20.8 Å². The largest absolute Gasteiger partial charge is 0.493 e. The van der Waals surface area contributed by atoms with Gasteiger partial charge in [-0.1, -0.05) is 42.5 Å². The molecule has 0 bridgehead atoms. The number of amides is 1. The molecule has 0 spiro atoms. The maximum absolute atomic E-state index is 12.2. The van der Waals surface area contributed by atoms with Crippen molar-refractivity contribution >= 4 is 24.2 Å². The summed E-state index contributed by atoms with van der Waals surface area (Å²) in [6, 6.07) is 19.8. The zero-order valence-electron chi connectivity index (χ0n) is 20.7. The molecule has 1 amide bonds. The van der Waals surface area contributed by atoms with Crippen molar-refractivity contribution in [3.63, 3.8) is 0 Å². The van der Waals surface area contributed by atoms with Crippen molar-refractivity contribution < 1.29 is 28.5 Å². The fourth-order valence-corrected chi connectivity index (χ4v) is 3.20. The Labute approximate surface area is 215 Å². The number of esters is 1. The van der Waals surface area contributed by atoms with Gasteiger partial charge in [0, 0.05) is 6.08 Å². The summed E-state index contributed by atoms with van der Waals surface area (Å²) >= 11 is 0. The lowest BCUT2D eigenvalue weighted by Gasteiger charge is -2.11. The van der Waals surface area contributed by atoms with E-state index in [2.05, 4.69) is 17.1 Å².